The first kappa shape index (κ1) is 14.3. The van der Waals surface area contributed by atoms with Crippen LogP contribution in [0.15, 0.2) is 18.5 Å². The van der Waals surface area contributed by atoms with Crippen molar-refractivity contribution in [3.63, 3.8) is 0 Å². The average Bonchev–Trinajstić information content (AvgIpc) is 2.88. The fourth-order valence-electron chi connectivity index (χ4n) is 3.38. The minimum absolute atomic E-state index is 0.000450. The molecule has 1 aliphatic carbocycles. The van der Waals surface area contributed by atoms with Gasteiger partial charge < -0.3 is 15.5 Å². The van der Waals surface area contributed by atoms with Crippen LogP contribution in [0.4, 0.5) is 5.95 Å². The number of rotatable bonds is 2. The number of aromatic nitrogens is 2. The minimum atomic E-state index is -0.370. The Kier molecular flexibility index (Phi) is 3.80. The molecule has 0 aromatic carbocycles. The van der Waals surface area contributed by atoms with E-state index in [1.54, 1.807) is 12.4 Å². The molecule has 1 aliphatic heterocycles. The van der Waals surface area contributed by atoms with Crippen LogP contribution in [-0.4, -0.2) is 53.0 Å². The number of hydrogen-bond donors (Lipinski definition) is 1. The van der Waals surface area contributed by atoms with Gasteiger partial charge in [-0.05, 0) is 25.8 Å². The van der Waals surface area contributed by atoms with Crippen molar-refractivity contribution in [2.75, 3.05) is 31.1 Å². The van der Waals surface area contributed by atoms with Gasteiger partial charge in [0.15, 0.2) is 0 Å². The van der Waals surface area contributed by atoms with E-state index >= 15 is 0 Å². The predicted molar refractivity (Wildman–Crippen MR) is 80.8 cm³/mol. The number of hydrogen-bond acceptors (Lipinski definition) is 5. The normalized spacial score (nSPS) is 29.7. The number of nitrogens with two attached hydrogens (primary N) is 1. The lowest BCUT2D eigenvalue weighted by molar-refractivity contribution is -0.142. The molecule has 6 nitrogen and oxygen atoms in total. The molecule has 0 bridgehead atoms. The van der Waals surface area contributed by atoms with E-state index in [2.05, 4.69) is 14.9 Å². The van der Waals surface area contributed by atoms with Crippen molar-refractivity contribution in [3.05, 3.63) is 18.5 Å². The molecule has 21 heavy (non-hydrogen) atoms. The monoisotopic (exact) mass is 289 g/mol. The van der Waals surface area contributed by atoms with Crippen LogP contribution in [0, 0.1) is 5.41 Å². The molecule has 1 amide bonds. The summed E-state index contributed by atoms with van der Waals surface area (Å²) in [7, 11) is 0. The van der Waals surface area contributed by atoms with E-state index in [9.17, 15) is 4.79 Å². The summed E-state index contributed by atoms with van der Waals surface area (Å²) in [5.74, 6) is 0.967. The molecule has 2 fully saturated rings. The Bertz CT molecular complexity index is 500. The summed E-state index contributed by atoms with van der Waals surface area (Å²) >= 11 is 0. The maximum atomic E-state index is 12.8. The van der Waals surface area contributed by atoms with Gasteiger partial charge in [0.25, 0.3) is 0 Å². The fourth-order valence-corrected chi connectivity index (χ4v) is 3.38. The average molecular weight is 289 g/mol. The van der Waals surface area contributed by atoms with Gasteiger partial charge in [0.1, 0.15) is 0 Å². The third-order valence-electron chi connectivity index (χ3n) is 4.92. The van der Waals surface area contributed by atoms with Gasteiger partial charge >= 0.3 is 0 Å². The van der Waals surface area contributed by atoms with Crippen LogP contribution in [0.5, 0.6) is 0 Å². The fraction of sp³-hybridized carbons (Fsp3) is 0.667. The van der Waals surface area contributed by atoms with Gasteiger partial charge in [-0.25, -0.2) is 9.97 Å². The Hall–Kier alpha value is -1.69. The van der Waals surface area contributed by atoms with Crippen molar-refractivity contribution < 1.29 is 4.79 Å². The second kappa shape index (κ2) is 5.60. The minimum Gasteiger partial charge on any atom is -0.339 e. The van der Waals surface area contributed by atoms with Gasteiger partial charge in [0.2, 0.25) is 11.9 Å². The number of nitrogens with zero attached hydrogens (tertiary/aromatic N) is 4. The van der Waals surface area contributed by atoms with Crippen LogP contribution in [0.25, 0.3) is 0 Å². The SMILES string of the molecule is CC1(C(=O)N2CCN(c3ncccn3)CC2)CCCC1N. The molecule has 6 heteroatoms. The first-order valence-electron chi connectivity index (χ1n) is 7.68. The summed E-state index contributed by atoms with van der Waals surface area (Å²) in [5.41, 5.74) is 5.79. The lowest BCUT2D eigenvalue weighted by Gasteiger charge is -2.39. The zero-order valence-electron chi connectivity index (χ0n) is 12.5. The highest BCUT2D eigenvalue weighted by Gasteiger charge is 2.45. The molecule has 0 radical (unpaired) electrons. The van der Waals surface area contributed by atoms with Crippen molar-refractivity contribution in [2.45, 2.75) is 32.2 Å². The molecule has 1 saturated carbocycles. The van der Waals surface area contributed by atoms with Crippen LogP contribution >= 0.6 is 0 Å². The number of carbonyl (C=O) groups is 1. The summed E-state index contributed by atoms with van der Waals surface area (Å²) in [6, 6.07) is 1.81. The second-order valence-electron chi connectivity index (χ2n) is 6.24. The van der Waals surface area contributed by atoms with Crippen LogP contribution in [0.1, 0.15) is 26.2 Å². The molecule has 1 saturated heterocycles. The topological polar surface area (TPSA) is 75.4 Å². The van der Waals surface area contributed by atoms with E-state index in [0.717, 1.165) is 51.4 Å². The van der Waals surface area contributed by atoms with E-state index in [4.69, 9.17) is 5.73 Å². The van der Waals surface area contributed by atoms with Gasteiger partial charge in [0, 0.05) is 44.6 Å². The smallest absolute Gasteiger partial charge is 0.230 e. The summed E-state index contributed by atoms with van der Waals surface area (Å²) in [6.07, 6.45) is 6.42. The van der Waals surface area contributed by atoms with Gasteiger partial charge in [-0.2, -0.15) is 0 Å². The molecule has 0 spiro atoms. The van der Waals surface area contributed by atoms with E-state index < -0.39 is 0 Å². The Balaban J connectivity index is 1.62. The van der Waals surface area contributed by atoms with Gasteiger partial charge in [-0.1, -0.05) is 6.42 Å². The quantitative estimate of drug-likeness (QED) is 0.865. The highest BCUT2D eigenvalue weighted by atomic mass is 16.2. The highest BCUT2D eigenvalue weighted by Crippen LogP contribution is 2.38. The molecule has 114 valence electrons. The summed E-state index contributed by atoms with van der Waals surface area (Å²) in [5, 5.41) is 0. The molecule has 2 aliphatic rings. The van der Waals surface area contributed by atoms with E-state index in [1.807, 2.05) is 17.9 Å². The van der Waals surface area contributed by atoms with E-state index in [1.165, 1.54) is 0 Å². The molecule has 2 N–H and O–H groups in total. The van der Waals surface area contributed by atoms with Gasteiger partial charge in [-0.15, -0.1) is 0 Å². The summed E-state index contributed by atoms with van der Waals surface area (Å²) in [6.45, 7) is 5.03. The third-order valence-corrected chi connectivity index (χ3v) is 4.92. The van der Waals surface area contributed by atoms with Crippen molar-refractivity contribution in [1.82, 2.24) is 14.9 Å². The van der Waals surface area contributed by atoms with Gasteiger partial charge in [0.05, 0.1) is 5.41 Å². The molecular weight excluding hydrogens is 266 g/mol. The van der Waals surface area contributed by atoms with Crippen LogP contribution < -0.4 is 10.6 Å². The van der Waals surface area contributed by atoms with Crippen LogP contribution in [-0.2, 0) is 4.79 Å². The van der Waals surface area contributed by atoms with E-state index in [0.29, 0.717) is 0 Å². The molecule has 2 heterocycles. The predicted octanol–water partition coefficient (Wildman–Crippen LogP) is 0.643. The van der Waals surface area contributed by atoms with E-state index in [-0.39, 0.29) is 17.4 Å². The Labute approximate surface area is 125 Å². The number of carbonyl (C=O) groups excluding carboxylic acids is 1. The van der Waals surface area contributed by atoms with Crippen molar-refractivity contribution in [3.8, 4) is 0 Å². The van der Waals surface area contributed by atoms with Crippen molar-refractivity contribution in [1.29, 1.82) is 0 Å². The lowest BCUT2D eigenvalue weighted by Crippen LogP contribution is -2.55. The zero-order valence-corrected chi connectivity index (χ0v) is 12.5. The number of piperazine rings is 1. The molecular formula is C15H23N5O. The summed E-state index contributed by atoms with van der Waals surface area (Å²) in [4.78, 5) is 25.4. The zero-order chi connectivity index (χ0) is 14.9. The van der Waals surface area contributed by atoms with Crippen molar-refractivity contribution >= 4 is 11.9 Å². The summed E-state index contributed by atoms with van der Waals surface area (Å²) < 4.78 is 0. The highest BCUT2D eigenvalue weighted by molar-refractivity contribution is 5.83. The largest absolute Gasteiger partial charge is 0.339 e. The Morgan fingerprint density at radius 3 is 2.52 bits per heavy atom. The number of anilines is 1. The van der Waals surface area contributed by atoms with Crippen molar-refractivity contribution in [2.24, 2.45) is 11.1 Å². The maximum Gasteiger partial charge on any atom is 0.230 e. The Morgan fingerprint density at radius 2 is 1.95 bits per heavy atom. The number of amides is 1. The molecule has 1 aromatic heterocycles. The standard InChI is InChI=1S/C15H23N5O/c1-15(5-2-4-12(15)16)13(21)19-8-10-20(11-9-19)14-17-6-3-7-18-14/h3,6-7,12H,2,4-5,8-11,16H2,1H3. The molecule has 2 atom stereocenters. The first-order valence-corrected chi connectivity index (χ1v) is 7.68. The molecule has 2 unspecified atom stereocenters. The Morgan fingerprint density at radius 1 is 1.29 bits per heavy atom. The second-order valence-corrected chi connectivity index (χ2v) is 6.24. The van der Waals surface area contributed by atoms with Crippen LogP contribution in [0.3, 0.4) is 0 Å². The van der Waals surface area contributed by atoms with Crippen LogP contribution in [0.2, 0.25) is 0 Å². The lowest BCUT2D eigenvalue weighted by atomic mass is 9.83. The maximum absolute atomic E-state index is 12.8. The third kappa shape index (κ3) is 2.60. The molecule has 1 aromatic rings. The first-order chi connectivity index (χ1) is 10.1. The molecule has 3 rings (SSSR count). The van der Waals surface area contributed by atoms with Gasteiger partial charge in [-0.3, -0.25) is 4.79 Å².